The summed E-state index contributed by atoms with van der Waals surface area (Å²) in [6.07, 6.45) is 3.77. The Bertz CT molecular complexity index is 328. The van der Waals surface area contributed by atoms with Crippen molar-refractivity contribution in [1.82, 2.24) is 9.47 Å². The van der Waals surface area contributed by atoms with Gasteiger partial charge in [0.05, 0.1) is 6.54 Å². The summed E-state index contributed by atoms with van der Waals surface area (Å²) in [5.41, 5.74) is 0.802. The van der Waals surface area contributed by atoms with Gasteiger partial charge in [-0.3, -0.25) is 9.69 Å². The van der Waals surface area contributed by atoms with Crippen molar-refractivity contribution in [2.24, 2.45) is 7.05 Å². The van der Waals surface area contributed by atoms with Crippen LogP contribution in [0.3, 0.4) is 0 Å². The molecule has 0 aliphatic rings. The topological polar surface area (TPSA) is 25.2 Å². The fraction of sp³-hybridized carbons (Fsp3) is 0.583. The highest BCUT2D eigenvalue weighted by molar-refractivity contribution is 5.97. The second kappa shape index (κ2) is 5.12. The summed E-state index contributed by atoms with van der Waals surface area (Å²) < 4.78 is 1.90. The largest absolute Gasteiger partial charge is 0.357 e. The average molecular weight is 208 g/mol. The molecule has 0 spiro atoms. The molecule has 0 aromatic carbocycles. The van der Waals surface area contributed by atoms with Crippen LogP contribution in [0, 0.1) is 0 Å². The van der Waals surface area contributed by atoms with Crippen molar-refractivity contribution in [1.29, 1.82) is 0 Å². The van der Waals surface area contributed by atoms with Gasteiger partial charge < -0.3 is 4.57 Å². The fourth-order valence-electron chi connectivity index (χ4n) is 1.60. The third kappa shape index (κ3) is 3.20. The molecule has 0 aliphatic carbocycles. The van der Waals surface area contributed by atoms with Crippen LogP contribution in [0.5, 0.6) is 0 Å². The maximum atomic E-state index is 11.9. The minimum atomic E-state index is 0.200. The number of nitrogens with zero attached hydrogens (tertiary/aromatic N) is 2. The number of Topliss-reactive ketones (excluding diaryl/α,β-unsaturated/α-hetero) is 1. The van der Waals surface area contributed by atoms with E-state index in [1.54, 1.807) is 0 Å². The van der Waals surface area contributed by atoms with E-state index in [-0.39, 0.29) is 5.78 Å². The van der Waals surface area contributed by atoms with Crippen LogP contribution in [0.15, 0.2) is 18.5 Å². The van der Waals surface area contributed by atoms with E-state index in [1.807, 2.05) is 30.1 Å². The number of carbonyl (C=O) groups is 1. The van der Waals surface area contributed by atoms with Crippen molar-refractivity contribution in [2.75, 3.05) is 13.1 Å². The highest BCUT2D eigenvalue weighted by atomic mass is 16.1. The molecule has 0 N–H and O–H groups in total. The van der Waals surface area contributed by atoms with Crippen molar-refractivity contribution in [3.05, 3.63) is 24.0 Å². The first-order chi connectivity index (χ1) is 7.04. The van der Waals surface area contributed by atoms with Crippen LogP contribution in [0.25, 0.3) is 0 Å². The summed E-state index contributed by atoms with van der Waals surface area (Å²) in [4.78, 5) is 14.0. The van der Waals surface area contributed by atoms with Gasteiger partial charge >= 0.3 is 0 Å². The van der Waals surface area contributed by atoms with Crippen molar-refractivity contribution < 1.29 is 4.79 Å². The standard InChI is InChI=1S/C12H20N2O/c1-5-14(10(2)3)9-12(15)11-6-7-13(4)8-11/h6-8,10H,5,9H2,1-4H3. The maximum absolute atomic E-state index is 11.9. The lowest BCUT2D eigenvalue weighted by Gasteiger charge is -2.23. The number of aryl methyl sites for hydroxylation is 1. The Kier molecular flexibility index (Phi) is 4.09. The zero-order valence-corrected chi connectivity index (χ0v) is 10.0. The van der Waals surface area contributed by atoms with Crippen LogP contribution in [-0.4, -0.2) is 34.4 Å². The predicted octanol–water partition coefficient (Wildman–Crippen LogP) is 1.94. The van der Waals surface area contributed by atoms with Gasteiger partial charge in [0, 0.05) is 31.0 Å². The molecule has 1 heterocycles. The van der Waals surface area contributed by atoms with Gasteiger partial charge in [-0.25, -0.2) is 0 Å². The molecular formula is C12H20N2O. The molecule has 0 amide bonds. The molecule has 0 aliphatic heterocycles. The van der Waals surface area contributed by atoms with Gasteiger partial charge in [0.2, 0.25) is 0 Å². The number of rotatable bonds is 5. The summed E-state index contributed by atoms with van der Waals surface area (Å²) in [5, 5.41) is 0. The van der Waals surface area contributed by atoms with E-state index in [2.05, 4.69) is 25.7 Å². The van der Waals surface area contributed by atoms with E-state index < -0.39 is 0 Å². The molecule has 1 aromatic heterocycles. The molecule has 1 rings (SSSR count). The Balaban J connectivity index is 2.62. The van der Waals surface area contributed by atoms with Crippen molar-refractivity contribution in [2.45, 2.75) is 26.8 Å². The van der Waals surface area contributed by atoms with Crippen LogP contribution in [-0.2, 0) is 7.05 Å². The number of ketones is 1. The van der Waals surface area contributed by atoms with E-state index in [9.17, 15) is 4.79 Å². The lowest BCUT2D eigenvalue weighted by molar-refractivity contribution is 0.0911. The van der Waals surface area contributed by atoms with Crippen molar-refractivity contribution in [3.8, 4) is 0 Å². The molecule has 0 unspecified atom stereocenters. The minimum Gasteiger partial charge on any atom is -0.357 e. The summed E-state index contributed by atoms with van der Waals surface area (Å²) in [6, 6.07) is 2.29. The minimum absolute atomic E-state index is 0.200. The Labute approximate surface area is 91.7 Å². The van der Waals surface area contributed by atoms with Crippen LogP contribution in [0.2, 0.25) is 0 Å². The normalized spacial score (nSPS) is 11.3. The number of aromatic nitrogens is 1. The quantitative estimate of drug-likeness (QED) is 0.691. The molecule has 0 saturated carbocycles. The van der Waals surface area contributed by atoms with Gasteiger partial charge in [0.25, 0.3) is 0 Å². The summed E-state index contributed by atoms with van der Waals surface area (Å²) >= 11 is 0. The van der Waals surface area contributed by atoms with E-state index in [0.717, 1.165) is 12.1 Å². The van der Waals surface area contributed by atoms with E-state index in [0.29, 0.717) is 12.6 Å². The highest BCUT2D eigenvalue weighted by Gasteiger charge is 2.14. The zero-order valence-electron chi connectivity index (χ0n) is 10.0. The molecule has 1 aromatic rings. The molecular weight excluding hydrogens is 188 g/mol. The monoisotopic (exact) mass is 208 g/mol. The van der Waals surface area contributed by atoms with Crippen molar-refractivity contribution in [3.63, 3.8) is 0 Å². The van der Waals surface area contributed by atoms with E-state index in [1.165, 1.54) is 0 Å². The van der Waals surface area contributed by atoms with Crippen LogP contribution >= 0.6 is 0 Å². The number of hydrogen-bond acceptors (Lipinski definition) is 2. The molecule has 15 heavy (non-hydrogen) atoms. The Hall–Kier alpha value is -1.09. The molecule has 0 saturated heterocycles. The SMILES string of the molecule is CCN(CC(=O)c1ccn(C)c1)C(C)C. The first-order valence-electron chi connectivity index (χ1n) is 5.43. The van der Waals surface area contributed by atoms with Crippen molar-refractivity contribution >= 4 is 5.78 Å². The first kappa shape index (κ1) is 12.0. The number of hydrogen-bond donors (Lipinski definition) is 0. The molecule has 3 heteroatoms. The van der Waals surface area contributed by atoms with E-state index in [4.69, 9.17) is 0 Å². The van der Waals surface area contributed by atoms with Crippen LogP contribution < -0.4 is 0 Å². The smallest absolute Gasteiger partial charge is 0.178 e. The molecule has 3 nitrogen and oxygen atoms in total. The molecule has 0 bridgehead atoms. The summed E-state index contributed by atoms with van der Waals surface area (Å²) in [6.45, 7) is 7.73. The van der Waals surface area contributed by atoms with Crippen LogP contribution in [0.1, 0.15) is 31.1 Å². The maximum Gasteiger partial charge on any atom is 0.178 e. The zero-order chi connectivity index (χ0) is 11.4. The van der Waals surface area contributed by atoms with Gasteiger partial charge in [-0.1, -0.05) is 6.92 Å². The number of carbonyl (C=O) groups excluding carboxylic acids is 1. The van der Waals surface area contributed by atoms with Gasteiger partial charge in [-0.05, 0) is 26.5 Å². The number of likely N-dealkylation sites (N-methyl/N-ethyl adjacent to an activating group) is 1. The fourth-order valence-corrected chi connectivity index (χ4v) is 1.60. The second-order valence-electron chi connectivity index (χ2n) is 4.15. The molecule has 0 fully saturated rings. The lowest BCUT2D eigenvalue weighted by Crippen LogP contribution is -2.35. The third-order valence-corrected chi connectivity index (χ3v) is 2.64. The molecule has 0 radical (unpaired) electrons. The molecule has 0 atom stereocenters. The summed E-state index contributed by atoms with van der Waals surface area (Å²) in [5.74, 6) is 0.200. The average Bonchev–Trinajstić information content (AvgIpc) is 2.60. The third-order valence-electron chi connectivity index (χ3n) is 2.64. The first-order valence-corrected chi connectivity index (χ1v) is 5.43. The highest BCUT2D eigenvalue weighted by Crippen LogP contribution is 2.05. The Morgan fingerprint density at radius 2 is 2.20 bits per heavy atom. The van der Waals surface area contributed by atoms with Gasteiger partial charge in [0.1, 0.15) is 0 Å². The second-order valence-corrected chi connectivity index (χ2v) is 4.15. The Morgan fingerprint density at radius 3 is 2.60 bits per heavy atom. The van der Waals surface area contributed by atoms with Crippen LogP contribution in [0.4, 0.5) is 0 Å². The van der Waals surface area contributed by atoms with Gasteiger partial charge in [-0.15, -0.1) is 0 Å². The lowest BCUT2D eigenvalue weighted by atomic mass is 10.2. The van der Waals surface area contributed by atoms with Gasteiger partial charge in [-0.2, -0.15) is 0 Å². The van der Waals surface area contributed by atoms with E-state index >= 15 is 0 Å². The van der Waals surface area contributed by atoms with Gasteiger partial charge in [0.15, 0.2) is 5.78 Å². The Morgan fingerprint density at radius 1 is 1.53 bits per heavy atom. The summed E-state index contributed by atoms with van der Waals surface area (Å²) in [7, 11) is 1.93. The molecule has 84 valence electrons. The predicted molar refractivity (Wildman–Crippen MR) is 62.1 cm³/mol.